The Balaban J connectivity index is 4.20. The molecule has 0 saturated heterocycles. The molecule has 0 bridgehead atoms. The van der Waals surface area contributed by atoms with Crippen LogP contribution in [0.25, 0.3) is 0 Å². The zero-order chi connectivity index (χ0) is 24.4. The van der Waals surface area contributed by atoms with Crippen LogP contribution >= 0.6 is 24.0 Å². The first kappa shape index (κ1) is 30.2. The molecule has 0 heterocycles. The number of rotatable bonds is 16. The largest absolute Gasteiger partial charge is 0.480 e. The number of thiocarbonyl (C=S) groups is 1. The van der Waals surface area contributed by atoms with E-state index < -0.39 is 12.0 Å². The molecule has 0 amide bonds. The molecule has 0 aromatic carbocycles. The minimum Gasteiger partial charge on any atom is -0.480 e. The highest BCUT2D eigenvalue weighted by Crippen LogP contribution is 2.13. The molecule has 0 aliphatic rings. The summed E-state index contributed by atoms with van der Waals surface area (Å²) in [5, 5.41) is 15.3. The van der Waals surface area contributed by atoms with Gasteiger partial charge in [-0.25, -0.2) is 4.79 Å². The molecule has 0 saturated carbocycles. The maximum Gasteiger partial charge on any atom is 0.327 e. The van der Waals surface area contributed by atoms with Crippen molar-refractivity contribution in [2.75, 3.05) is 24.7 Å². The van der Waals surface area contributed by atoms with Gasteiger partial charge in [0.1, 0.15) is 6.04 Å². The van der Waals surface area contributed by atoms with Crippen molar-refractivity contribution in [3.8, 4) is 0 Å². The first-order chi connectivity index (χ1) is 15.1. The summed E-state index contributed by atoms with van der Waals surface area (Å²) < 4.78 is 4.84. The zero-order valence-electron chi connectivity index (χ0n) is 20.2. The number of esters is 1. The first-order valence-corrected chi connectivity index (χ1v) is 12.7. The Kier molecular flexibility index (Phi) is 17.7. The van der Waals surface area contributed by atoms with Gasteiger partial charge in [-0.3, -0.25) is 4.79 Å². The number of carboxylic acid groups (broad SMARTS) is 1. The molecule has 0 fully saturated rings. The van der Waals surface area contributed by atoms with E-state index in [1.807, 2.05) is 0 Å². The number of aliphatic carboxylic acids is 1. The van der Waals surface area contributed by atoms with Gasteiger partial charge in [-0.05, 0) is 72.5 Å². The van der Waals surface area contributed by atoms with Crippen LogP contribution in [-0.4, -0.2) is 52.9 Å². The molecule has 0 unspecified atom stereocenters. The monoisotopic (exact) mass is 484 g/mol. The predicted molar refractivity (Wildman–Crippen MR) is 139 cm³/mol. The van der Waals surface area contributed by atoms with Crippen molar-refractivity contribution >= 4 is 41.0 Å². The van der Waals surface area contributed by atoms with Gasteiger partial charge in [0.25, 0.3) is 0 Å². The second kappa shape index (κ2) is 18.7. The minimum atomic E-state index is -0.957. The number of thioether (sulfide) groups is 1. The summed E-state index contributed by atoms with van der Waals surface area (Å²) in [5.74, 6) is -0.127. The van der Waals surface area contributed by atoms with Crippen molar-refractivity contribution in [2.24, 2.45) is 0 Å². The summed E-state index contributed by atoms with van der Waals surface area (Å²) in [7, 11) is 0. The number of hydrogen-bond acceptors (Lipinski definition) is 5. The summed E-state index contributed by atoms with van der Waals surface area (Å²) in [6, 6.07) is -0.789. The Hall–Kier alpha value is -1.80. The molecule has 0 spiro atoms. The Morgan fingerprint density at radius 2 is 1.66 bits per heavy atom. The summed E-state index contributed by atoms with van der Waals surface area (Å²) in [6.45, 7) is 10.9. The Bertz CT molecular complexity index is 683. The lowest BCUT2D eigenvalue weighted by molar-refractivity contribution is -0.143. The van der Waals surface area contributed by atoms with Crippen molar-refractivity contribution in [1.29, 1.82) is 0 Å². The molecule has 0 aromatic rings. The highest BCUT2D eigenvalue weighted by Gasteiger charge is 2.18. The fourth-order valence-electron chi connectivity index (χ4n) is 2.62. The van der Waals surface area contributed by atoms with E-state index in [2.05, 4.69) is 56.6 Å². The van der Waals surface area contributed by atoms with Gasteiger partial charge in [-0.2, -0.15) is 11.8 Å². The fraction of sp³-hybridized carbons (Fsp3) is 0.625. The van der Waals surface area contributed by atoms with Crippen LogP contribution < -0.4 is 10.6 Å². The van der Waals surface area contributed by atoms with Gasteiger partial charge in [0.15, 0.2) is 5.11 Å². The summed E-state index contributed by atoms with van der Waals surface area (Å²) >= 11 is 6.67. The summed E-state index contributed by atoms with van der Waals surface area (Å²) in [6.07, 6.45) is 11.2. The lowest BCUT2D eigenvalue weighted by atomic mass is 10.1. The van der Waals surface area contributed by atoms with Crippen LogP contribution in [0.3, 0.4) is 0 Å². The molecule has 0 rings (SSSR count). The van der Waals surface area contributed by atoms with Crippen molar-refractivity contribution in [1.82, 2.24) is 10.6 Å². The van der Waals surface area contributed by atoms with Gasteiger partial charge in [-0.1, -0.05) is 34.9 Å². The number of ether oxygens (including phenoxy) is 1. The minimum absolute atomic E-state index is 0.177. The normalized spacial score (nSPS) is 12.7. The molecule has 32 heavy (non-hydrogen) atoms. The van der Waals surface area contributed by atoms with Crippen molar-refractivity contribution in [3.63, 3.8) is 0 Å². The van der Waals surface area contributed by atoms with Gasteiger partial charge >= 0.3 is 11.9 Å². The van der Waals surface area contributed by atoms with E-state index >= 15 is 0 Å². The molecule has 182 valence electrons. The van der Waals surface area contributed by atoms with Crippen LogP contribution in [0.4, 0.5) is 0 Å². The van der Waals surface area contributed by atoms with E-state index in [1.165, 1.54) is 16.7 Å². The summed E-state index contributed by atoms with van der Waals surface area (Å²) in [5.41, 5.74) is 4.09. The lowest BCUT2D eigenvalue weighted by Gasteiger charge is -2.16. The van der Waals surface area contributed by atoms with Crippen molar-refractivity contribution in [3.05, 3.63) is 34.9 Å². The SMILES string of the molecule is CCOC(=O)CCNC(=S)N[C@@H](CSCC=C(C)CCC=C(C)CCC=C(C)C)C(=O)O. The molecule has 0 aliphatic carbocycles. The van der Waals surface area contributed by atoms with Crippen LogP contribution in [0.1, 0.15) is 66.7 Å². The topological polar surface area (TPSA) is 87.7 Å². The molecule has 0 aromatic heterocycles. The van der Waals surface area contributed by atoms with Crippen LogP contribution in [0.2, 0.25) is 0 Å². The van der Waals surface area contributed by atoms with Gasteiger partial charge in [0.05, 0.1) is 13.0 Å². The number of hydrogen-bond donors (Lipinski definition) is 3. The van der Waals surface area contributed by atoms with E-state index in [0.717, 1.165) is 31.4 Å². The van der Waals surface area contributed by atoms with E-state index in [1.54, 1.807) is 18.7 Å². The molecule has 1 atom stereocenters. The third kappa shape index (κ3) is 17.8. The number of carbonyl (C=O) groups is 2. The number of allylic oxidation sites excluding steroid dienone is 5. The van der Waals surface area contributed by atoms with Crippen LogP contribution in [0, 0.1) is 0 Å². The summed E-state index contributed by atoms with van der Waals surface area (Å²) in [4.78, 5) is 22.8. The lowest BCUT2D eigenvalue weighted by Crippen LogP contribution is -2.47. The quantitative estimate of drug-likeness (QED) is 0.122. The Labute approximate surface area is 203 Å². The maximum atomic E-state index is 11.5. The molecule has 0 aliphatic heterocycles. The van der Waals surface area contributed by atoms with Crippen LogP contribution in [0.15, 0.2) is 34.9 Å². The highest BCUT2D eigenvalue weighted by atomic mass is 32.2. The average molecular weight is 485 g/mol. The van der Waals surface area contributed by atoms with Gasteiger partial charge in [0.2, 0.25) is 0 Å². The molecule has 8 heteroatoms. The average Bonchev–Trinajstić information content (AvgIpc) is 2.70. The van der Waals surface area contributed by atoms with Crippen LogP contribution in [0.5, 0.6) is 0 Å². The molecule has 0 radical (unpaired) electrons. The molecular formula is C24H40N2O4S2. The standard InChI is InChI=1S/C24H40N2O4S2/c1-6-30-22(27)13-15-25-24(31)26-21(23(28)29)17-32-16-14-20(5)12-8-11-19(4)10-7-9-18(2)3/h9,11,14,21H,6-8,10,12-13,15-17H2,1-5H3,(H,28,29)(H2,25,26,31)/t21-/m0/s1. The third-order valence-electron chi connectivity index (χ3n) is 4.48. The molecular weight excluding hydrogens is 444 g/mol. The Morgan fingerprint density at radius 1 is 1.03 bits per heavy atom. The van der Waals surface area contributed by atoms with Gasteiger partial charge in [-0.15, -0.1) is 0 Å². The van der Waals surface area contributed by atoms with Crippen molar-refractivity contribution in [2.45, 2.75) is 72.8 Å². The maximum absolute atomic E-state index is 11.5. The zero-order valence-corrected chi connectivity index (χ0v) is 21.8. The second-order valence-electron chi connectivity index (χ2n) is 7.84. The van der Waals surface area contributed by atoms with Crippen molar-refractivity contribution < 1.29 is 19.4 Å². The third-order valence-corrected chi connectivity index (χ3v) is 5.71. The fourth-order valence-corrected chi connectivity index (χ4v) is 3.87. The van der Waals surface area contributed by atoms with Crippen LogP contribution in [-0.2, 0) is 14.3 Å². The smallest absolute Gasteiger partial charge is 0.327 e. The van der Waals surface area contributed by atoms with Gasteiger partial charge < -0.3 is 20.5 Å². The van der Waals surface area contributed by atoms with E-state index in [0.29, 0.717) is 18.9 Å². The van der Waals surface area contributed by atoms with E-state index in [-0.39, 0.29) is 17.5 Å². The highest BCUT2D eigenvalue weighted by molar-refractivity contribution is 7.99. The Morgan fingerprint density at radius 3 is 2.25 bits per heavy atom. The first-order valence-electron chi connectivity index (χ1n) is 11.1. The van der Waals surface area contributed by atoms with E-state index in [4.69, 9.17) is 17.0 Å². The molecule has 6 nitrogen and oxygen atoms in total. The van der Waals surface area contributed by atoms with E-state index in [9.17, 15) is 14.7 Å². The number of nitrogens with one attached hydrogen (secondary N) is 2. The predicted octanol–water partition coefficient (Wildman–Crippen LogP) is 5.01. The second-order valence-corrected chi connectivity index (χ2v) is 9.33. The molecule has 3 N–H and O–H groups in total. The van der Waals surface area contributed by atoms with Gasteiger partial charge in [0, 0.05) is 18.1 Å². The number of carbonyl (C=O) groups excluding carboxylic acids is 1. The number of carboxylic acids is 1.